The Hall–Kier alpha value is -1.34. The van der Waals surface area contributed by atoms with Gasteiger partial charge in [-0.15, -0.1) is 0 Å². The highest BCUT2D eigenvalue weighted by atomic mass is 79.9. The second-order valence-corrected chi connectivity index (χ2v) is 5.18. The summed E-state index contributed by atoms with van der Waals surface area (Å²) in [6.45, 7) is 1.62. The normalized spacial score (nSPS) is 13.6. The third-order valence-electron chi connectivity index (χ3n) is 2.95. The Labute approximate surface area is 122 Å². The van der Waals surface area contributed by atoms with E-state index in [0.717, 1.165) is 0 Å². The summed E-state index contributed by atoms with van der Waals surface area (Å²) < 4.78 is 39.6. The summed E-state index contributed by atoms with van der Waals surface area (Å²) in [6.07, 6.45) is -5.13. The third kappa shape index (κ3) is 2.73. The van der Waals surface area contributed by atoms with E-state index in [1.165, 1.54) is 11.6 Å². The number of aliphatic hydroxyl groups is 1. The second kappa shape index (κ2) is 5.21. The Balaban J connectivity index is 2.48. The number of aliphatic hydroxyl groups excluding tert-OH is 1. The lowest BCUT2D eigenvalue weighted by Crippen LogP contribution is -2.06. The maximum Gasteiger partial charge on any atom is 0.436 e. The molecule has 1 atom stereocenters. The van der Waals surface area contributed by atoms with E-state index in [9.17, 15) is 18.3 Å². The van der Waals surface area contributed by atoms with E-state index in [2.05, 4.69) is 20.9 Å². The van der Waals surface area contributed by atoms with Crippen molar-refractivity contribution in [3.05, 3.63) is 40.1 Å². The number of alkyl halides is 3. The van der Waals surface area contributed by atoms with Gasteiger partial charge in [0.2, 0.25) is 0 Å². The van der Waals surface area contributed by atoms with Crippen molar-refractivity contribution < 1.29 is 18.3 Å². The molecule has 0 saturated heterocycles. The van der Waals surface area contributed by atoms with Crippen LogP contribution in [0.25, 0.3) is 11.4 Å². The zero-order chi connectivity index (χ0) is 15.1. The van der Waals surface area contributed by atoms with Crippen molar-refractivity contribution in [3.63, 3.8) is 0 Å². The van der Waals surface area contributed by atoms with Crippen molar-refractivity contribution in [2.24, 2.45) is 7.05 Å². The fourth-order valence-corrected chi connectivity index (χ4v) is 2.31. The van der Waals surface area contributed by atoms with Crippen LogP contribution in [-0.4, -0.2) is 14.7 Å². The molecule has 0 spiro atoms. The molecule has 0 fully saturated rings. The highest BCUT2D eigenvalue weighted by Gasteiger charge is 2.38. The molecule has 3 nitrogen and oxygen atoms in total. The van der Waals surface area contributed by atoms with Gasteiger partial charge in [-0.3, -0.25) is 0 Å². The standard InChI is InChI=1S/C13H12BrF3N2O/c1-7(20)8-3-5-9(6-4-8)12-18-10(13(15,16)17)11(14)19(12)2/h3-7,20H,1-2H3. The van der Waals surface area contributed by atoms with Gasteiger partial charge in [-0.2, -0.15) is 13.2 Å². The number of aromatic nitrogens is 2. The summed E-state index contributed by atoms with van der Waals surface area (Å²) in [5, 5.41) is 9.42. The van der Waals surface area contributed by atoms with Gasteiger partial charge >= 0.3 is 6.18 Å². The Morgan fingerprint density at radius 1 is 1.25 bits per heavy atom. The van der Waals surface area contributed by atoms with Crippen molar-refractivity contribution in [1.29, 1.82) is 0 Å². The van der Waals surface area contributed by atoms with Crippen molar-refractivity contribution in [2.45, 2.75) is 19.2 Å². The van der Waals surface area contributed by atoms with Crippen LogP contribution < -0.4 is 0 Å². The molecule has 2 rings (SSSR count). The minimum Gasteiger partial charge on any atom is -0.389 e. The van der Waals surface area contributed by atoms with Gasteiger partial charge in [0.15, 0.2) is 5.69 Å². The van der Waals surface area contributed by atoms with Crippen LogP contribution in [0.5, 0.6) is 0 Å². The van der Waals surface area contributed by atoms with Gasteiger partial charge in [-0.1, -0.05) is 24.3 Å². The number of benzene rings is 1. The van der Waals surface area contributed by atoms with Crippen LogP contribution in [0, 0.1) is 0 Å². The third-order valence-corrected chi connectivity index (χ3v) is 3.85. The van der Waals surface area contributed by atoms with Gasteiger partial charge < -0.3 is 9.67 Å². The average Bonchev–Trinajstić information content (AvgIpc) is 2.66. The van der Waals surface area contributed by atoms with Crippen LogP contribution in [-0.2, 0) is 13.2 Å². The minimum atomic E-state index is -4.51. The van der Waals surface area contributed by atoms with Crippen LogP contribution >= 0.6 is 15.9 Å². The molecular weight excluding hydrogens is 337 g/mol. The quantitative estimate of drug-likeness (QED) is 0.893. The largest absolute Gasteiger partial charge is 0.436 e. The van der Waals surface area contributed by atoms with E-state index in [1.807, 2.05) is 0 Å². The van der Waals surface area contributed by atoms with Crippen molar-refractivity contribution in [3.8, 4) is 11.4 Å². The Kier molecular flexibility index (Phi) is 3.93. The van der Waals surface area contributed by atoms with Crippen LogP contribution in [0.2, 0.25) is 0 Å². The van der Waals surface area contributed by atoms with Crippen molar-refractivity contribution in [1.82, 2.24) is 9.55 Å². The lowest BCUT2D eigenvalue weighted by molar-refractivity contribution is -0.141. The van der Waals surface area contributed by atoms with Gasteiger partial charge in [0.25, 0.3) is 0 Å². The fraction of sp³-hybridized carbons (Fsp3) is 0.308. The Morgan fingerprint density at radius 3 is 2.20 bits per heavy atom. The van der Waals surface area contributed by atoms with Gasteiger partial charge in [0.05, 0.1) is 6.10 Å². The fourth-order valence-electron chi connectivity index (χ4n) is 1.83. The van der Waals surface area contributed by atoms with Gasteiger partial charge in [-0.05, 0) is 28.4 Å². The number of rotatable bonds is 2. The van der Waals surface area contributed by atoms with Crippen molar-refractivity contribution >= 4 is 15.9 Å². The van der Waals surface area contributed by atoms with Gasteiger partial charge in [0, 0.05) is 12.6 Å². The van der Waals surface area contributed by atoms with E-state index in [0.29, 0.717) is 11.1 Å². The van der Waals surface area contributed by atoms with Gasteiger partial charge in [0.1, 0.15) is 10.4 Å². The summed E-state index contributed by atoms with van der Waals surface area (Å²) in [6, 6.07) is 6.60. The molecule has 1 unspecified atom stereocenters. The summed E-state index contributed by atoms with van der Waals surface area (Å²) >= 11 is 2.91. The number of imidazole rings is 1. The summed E-state index contributed by atoms with van der Waals surface area (Å²) in [4.78, 5) is 3.65. The average molecular weight is 349 g/mol. The number of nitrogens with zero attached hydrogens (tertiary/aromatic N) is 2. The predicted molar refractivity (Wildman–Crippen MR) is 72.0 cm³/mol. The van der Waals surface area contributed by atoms with E-state index < -0.39 is 18.0 Å². The number of hydrogen-bond acceptors (Lipinski definition) is 2. The van der Waals surface area contributed by atoms with E-state index in [1.54, 1.807) is 31.2 Å². The summed E-state index contributed by atoms with van der Waals surface area (Å²) in [5.74, 6) is 0.210. The molecule has 0 bridgehead atoms. The molecular formula is C13H12BrF3N2O. The molecule has 1 N–H and O–H groups in total. The monoisotopic (exact) mass is 348 g/mol. The predicted octanol–water partition coefficient (Wildman–Crippen LogP) is 3.92. The first-order valence-electron chi connectivity index (χ1n) is 5.79. The molecule has 0 aliphatic carbocycles. The molecule has 108 valence electrons. The van der Waals surface area contributed by atoms with E-state index in [-0.39, 0.29) is 10.4 Å². The Bertz CT molecular complexity index is 618. The number of halogens is 4. The van der Waals surface area contributed by atoms with Crippen LogP contribution in [0.4, 0.5) is 13.2 Å². The lowest BCUT2D eigenvalue weighted by Gasteiger charge is -2.06. The van der Waals surface area contributed by atoms with Crippen LogP contribution in [0.15, 0.2) is 28.9 Å². The first-order valence-corrected chi connectivity index (χ1v) is 6.59. The zero-order valence-electron chi connectivity index (χ0n) is 10.7. The summed E-state index contributed by atoms with van der Waals surface area (Å²) in [5.41, 5.74) is 0.292. The maximum atomic E-state index is 12.8. The molecule has 1 aromatic heterocycles. The highest BCUT2D eigenvalue weighted by molar-refractivity contribution is 9.10. The molecule has 7 heteroatoms. The van der Waals surface area contributed by atoms with Gasteiger partial charge in [-0.25, -0.2) is 4.98 Å². The van der Waals surface area contributed by atoms with Crippen LogP contribution in [0.1, 0.15) is 24.3 Å². The summed E-state index contributed by atoms with van der Waals surface area (Å²) in [7, 11) is 1.50. The first kappa shape index (κ1) is 15.1. The SMILES string of the molecule is CC(O)c1ccc(-c2nc(C(F)(F)F)c(Br)n2C)cc1. The molecule has 1 heterocycles. The molecule has 0 saturated carbocycles. The second-order valence-electron chi connectivity index (χ2n) is 4.43. The topological polar surface area (TPSA) is 38.1 Å². The minimum absolute atomic E-state index is 0.111. The van der Waals surface area contributed by atoms with E-state index in [4.69, 9.17) is 0 Å². The highest BCUT2D eigenvalue weighted by Crippen LogP contribution is 2.36. The Morgan fingerprint density at radius 2 is 1.80 bits per heavy atom. The molecule has 1 aromatic carbocycles. The molecule has 0 aliphatic rings. The maximum absolute atomic E-state index is 12.8. The molecule has 0 radical (unpaired) electrons. The molecule has 0 amide bonds. The molecule has 2 aromatic rings. The lowest BCUT2D eigenvalue weighted by atomic mass is 10.1. The van der Waals surface area contributed by atoms with E-state index >= 15 is 0 Å². The smallest absolute Gasteiger partial charge is 0.389 e. The number of hydrogen-bond donors (Lipinski definition) is 1. The molecule has 20 heavy (non-hydrogen) atoms. The van der Waals surface area contributed by atoms with Crippen LogP contribution in [0.3, 0.4) is 0 Å². The first-order chi connectivity index (χ1) is 9.21. The zero-order valence-corrected chi connectivity index (χ0v) is 12.3. The molecule has 0 aliphatic heterocycles. The van der Waals surface area contributed by atoms with Crippen molar-refractivity contribution in [2.75, 3.05) is 0 Å².